The van der Waals surface area contributed by atoms with E-state index in [2.05, 4.69) is 5.32 Å². The van der Waals surface area contributed by atoms with Crippen LogP contribution < -0.4 is 5.32 Å². The second-order valence-corrected chi connectivity index (χ2v) is 4.21. The predicted octanol–water partition coefficient (Wildman–Crippen LogP) is 1.44. The van der Waals surface area contributed by atoms with E-state index in [0.29, 0.717) is 0 Å². The van der Waals surface area contributed by atoms with Gasteiger partial charge in [-0.15, -0.1) is 0 Å². The Morgan fingerprint density at radius 1 is 1.33 bits per heavy atom. The summed E-state index contributed by atoms with van der Waals surface area (Å²) in [6.07, 6.45) is 1.99. The zero-order valence-electron chi connectivity index (χ0n) is 8.45. The van der Waals surface area contributed by atoms with Crippen LogP contribution in [0.3, 0.4) is 0 Å². The number of ether oxygens (including phenoxy) is 1. The van der Waals surface area contributed by atoms with Gasteiger partial charge in [0.05, 0.1) is 5.56 Å². The first-order valence-electron chi connectivity index (χ1n) is 5.35. The predicted molar refractivity (Wildman–Crippen MR) is 55.6 cm³/mol. The zero-order valence-corrected chi connectivity index (χ0v) is 8.45. The molecule has 1 aromatic rings. The highest BCUT2D eigenvalue weighted by molar-refractivity contribution is 5.94. The lowest BCUT2D eigenvalue weighted by Crippen LogP contribution is -2.43. The Morgan fingerprint density at radius 3 is 3.00 bits per heavy atom. The van der Waals surface area contributed by atoms with E-state index in [4.69, 9.17) is 4.74 Å². The van der Waals surface area contributed by atoms with E-state index in [-0.39, 0.29) is 11.6 Å². The summed E-state index contributed by atoms with van der Waals surface area (Å²) >= 11 is 0. The third kappa shape index (κ3) is 1.20. The third-order valence-electron chi connectivity index (χ3n) is 3.27. The standard InChI is InChI=1S/C12H13NO2/c14-11-9-4-1-2-5-10(9)12(15-11)6-3-7-13-8-12/h1-2,4-5,13H,3,6-8H2/t12-/m1/s1. The van der Waals surface area contributed by atoms with E-state index in [1.54, 1.807) is 0 Å². The number of esters is 1. The molecule has 2 aliphatic rings. The molecule has 0 aliphatic carbocycles. The lowest BCUT2D eigenvalue weighted by atomic mass is 9.86. The smallest absolute Gasteiger partial charge is 0.339 e. The molecule has 1 saturated heterocycles. The molecule has 3 heteroatoms. The topological polar surface area (TPSA) is 38.3 Å². The van der Waals surface area contributed by atoms with Crippen molar-refractivity contribution in [1.29, 1.82) is 0 Å². The van der Waals surface area contributed by atoms with Crippen molar-refractivity contribution in [3.05, 3.63) is 35.4 Å². The van der Waals surface area contributed by atoms with Gasteiger partial charge in [-0.2, -0.15) is 0 Å². The average molecular weight is 203 g/mol. The van der Waals surface area contributed by atoms with Crippen molar-refractivity contribution in [2.24, 2.45) is 0 Å². The van der Waals surface area contributed by atoms with Gasteiger partial charge < -0.3 is 10.1 Å². The van der Waals surface area contributed by atoms with Crippen LogP contribution in [0.1, 0.15) is 28.8 Å². The van der Waals surface area contributed by atoms with Gasteiger partial charge in [-0.25, -0.2) is 4.79 Å². The first-order chi connectivity index (χ1) is 7.32. The lowest BCUT2D eigenvalue weighted by molar-refractivity contribution is -0.0203. The minimum atomic E-state index is -0.383. The summed E-state index contributed by atoms with van der Waals surface area (Å²) in [4.78, 5) is 11.7. The first kappa shape index (κ1) is 8.92. The minimum Gasteiger partial charge on any atom is -0.449 e. The number of fused-ring (bicyclic) bond motifs is 2. The summed E-state index contributed by atoms with van der Waals surface area (Å²) in [7, 11) is 0. The molecule has 0 amide bonds. The van der Waals surface area contributed by atoms with Gasteiger partial charge in [0.25, 0.3) is 0 Å². The van der Waals surface area contributed by atoms with Gasteiger partial charge in [-0.3, -0.25) is 0 Å². The van der Waals surface area contributed by atoms with Crippen LogP contribution >= 0.6 is 0 Å². The van der Waals surface area contributed by atoms with Gasteiger partial charge in [-0.05, 0) is 25.5 Å². The number of piperidine rings is 1. The van der Waals surface area contributed by atoms with Crippen LogP contribution in [0, 0.1) is 0 Å². The van der Waals surface area contributed by atoms with Gasteiger partial charge in [0.1, 0.15) is 0 Å². The molecule has 1 atom stereocenters. The highest BCUT2D eigenvalue weighted by Crippen LogP contribution is 2.40. The number of hydrogen-bond acceptors (Lipinski definition) is 3. The molecule has 0 aromatic heterocycles. The summed E-state index contributed by atoms with van der Waals surface area (Å²) in [6, 6.07) is 7.71. The molecule has 2 heterocycles. The van der Waals surface area contributed by atoms with Gasteiger partial charge >= 0.3 is 5.97 Å². The highest BCUT2D eigenvalue weighted by Gasteiger charge is 2.45. The molecule has 1 spiro atoms. The fraction of sp³-hybridized carbons (Fsp3) is 0.417. The minimum absolute atomic E-state index is 0.172. The summed E-state index contributed by atoms with van der Waals surface area (Å²) in [5.41, 5.74) is 1.41. The fourth-order valence-electron chi connectivity index (χ4n) is 2.54. The normalized spacial score (nSPS) is 28.9. The molecule has 1 aromatic carbocycles. The number of carbonyl (C=O) groups excluding carboxylic acids is 1. The van der Waals surface area contributed by atoms with E-state index in [9.17, 15) is 4.79 Å². The van der Waals surface area contributed by atoms with E-state index < -0.39 is 0 Å². The highest BCUT2D eigenvalue weighted by atomic mass is 16.6. The van der Waals surface area contributed by atoms with Crippen molar-refractivity contribution in [1.82, 2.24) is 5.32 Å². The Morgan fingerprint density at radius 2 is 2.20 bits per heavy atom. The number of hydrogen-bond donors (Lipinski definition) is 1. The van der Waals surface area contributed by atoms with Gasteiger partial charge in [0.15, 0.2) is 5.60 Å². The second-order valence-electron chi connectivity index (χ2n) is 4.21. The Bertz CT molecular complexity index is 408. The van der Waals surface area contributed by atoms with Crippen LogP contribution in [0.25, 0.3) is 0 Å². The Labute approximate surface area is 88.4 Å². The Hall–Kier alpha value is -1.35. The lowest BCUT2D eigenvalue weighted by Gasteiger charge is -2.33. The van der Waals surface area contributed by atoms with Gasteiger partial charge in [-0.1, -0.05) is 18.2 Å². The van der Waals surface area contributed by atoms with Crippen LogP contribution in [-0.4, -0.2) is 19.1 Å². The van der Waals surface area contributed by atoms with Crippen LogP contribution in [-0.2, 0) is 10.3 Å². The van der Waals surface area contributed by atoms with E-state index in [1.807, 2.05) is 24.3 Å². The Kier molecular flexibility index (Phi) is 1.83. The molecule has 15 heavy (non-hydrogen) atoms. The summed E-state index contributed by atoms with van der Waals surface area (Å²) in [5.74, 6) is -0.172. The molecule has 1 fully saturated rings. The van der Waals surface area contributed by atoms with Crippen molar-refractivity contribution < 1.29 is 9.53 Å². The molecule has 3 nitrogen and oxygen atoms in total. The second kappa shape index (κ2) is 3.07. The number of rotatable bonds is 0. The summed E-state index contributed by atoms with van der Waals surface area (Å²) in [6.45, 7) is 1.76. The van der Waals surface area contributed by atoms with E-state index >= 15 is 0 Å². The zero-order chi connectivity index (χ0) is 10.3. The maximum atomic E-state index is 11.7. The molecule has 78 valence electrons. The molecule has 0 bridgehead atoms. The van der Waals surface area contributed by atoms with Crippen molar-refractivity contribution in [2.75, 3.05) is 13.1 Å². The SMILES string of the molecule is O=C1O[C@@]2(CCCNC2)c2ccccc21. The molecular weight excluding hydrogens is 190 g/mol. The molecule has 0 saturated carbocycles. The largest absolute Gasteiger partial charge is 0.449 e. The van der Waals surface area contributed by atoms with Gasteiger partial charge in [0.2, 0.25) is 0 Å². The van der Waals surface area contributed by atoms with E-state index in [1.165, 1.54) is 0 Å². The van der Waals surface area contributed by atoms with Crippen LogP contribution in [0.15, 0.2) is 24.3 Å². The monoisotopic (exact) mass is 203 g/mol. The average Bonchev–Trinajstić information content (AvgIpc) is 2.55. The molecule has 0 unspecified atom stereocenters. The molecule has 1 N–H and O–H groups in total. The molecule has 2 aliphatic heterocycles. The number of benzene rings is 1. The summed E-state index contributed by atoms with van der Waals surface area (Å²) in [5, 5.41) is 3.30. The van der Waals surface area contributed by atoms with Crippen molar-refractivity contribution >= 4 is 5.97 Å². The number of nitrogens with one attached hydrogen (secondary N) is 1. The molecule has 0 radical (unpaired) electrons. The molecular formula is C12H13NO2. The molecule has 3 rings (SSSR count). The van der Waals surface area contributed by atoms with Crippen molar-refractivity contribution in [3.8, 4) is 0 Å². The maximum absolute atomic E-state index is 11.7. The Balaban J connectivity index is 2.10. The van der Waals surface area contributed by atoms with Crippen molar-refractivity contribution in [2.45, 2.75) is 18.4 Å². The van der Waals surface area contributed by atoms with Gasteiger partial charge in [0, 0.05) is 12.1 Å². The van der Waals surface area contributed by atoms with Crippen LogP contribution in [0.2, 0.25) is 0 Å². The first-order valence-corrected chi connectivity index (χ1v) is 5.35. The summed E-state index contributed by atoms with van der Waals surface area (Å²) < 4.78 is 5.56. The van der Waals surface area contributed by atoms with Crippen LogP contribution in [0.5, 0.6) is 0 Å². The maximum Gasteiger partial charge on any atom is 0.339 e. The number of carbonyl (C=O) groups is 1. The fourth-order valence-corrected chi connectivity index (χ4v) is 2.54. The van der Waals surface area contributed by atoms with Crippen LogP contribution in [0.4, 0.5) is 0 Å². The van der Waals surface area contributed by atoms with Crippen molar-refractivity contribution in [3.63, 3.8) is 0 Å². The third-order valence-corrected chi connectivity index (χ3v) is 3.27. The quantitative estimate of drug-likeness (QED) is 0.648. The van der Waals surface area contributed by atoms with E-state index in [0.717, 1.165) is 37.1 Å².